The van der Waals surface area contributed by atoms with Gasteiger partial charge in [0.2, 0.25) is 0 Å². The fraction of sp³-hybridized carbons (Fsp3) is 0.261. The van der Waals surface area contributed by atoms with Gasteiger partial charge in [-0.05, 0) is 37.7 Å². The molecule has 2 fully saturated rings. The van der Waals surface area contributed by atoms with Crippen molar-refractivity contribution < 1.29 is 4.79 Å². The van der Waals surface area contributed by atoms with Crippen molar-refractivity contribution in [3.63, 3.8) is 0 Å². The maximum absolute atomic E-state index is 13.1. The predicted octanol–water partition coefficient (Wildman–Crippen LogP) is 2.18. The van der Waals surface area contributed by atoms with Crippen molar-refractivity contribution in [3.05, 3.63) is 58.4 Å². The molecule has 8 heteroatoms. The van der Waals surface area contributed by atoms with Crippen molar-refractivity contribution in [2.75, 3.05) is 25.9 Å². The number of carbonyl (C=O) groups excluding carboxylic acids is 1. The molecular weight excluding hydrogens is 392 g/mol. The summed E-state index contributed by atoms with van der Waals surface area (Å²) in [4.78, 5) is 40.8. The second kappa shape index (κ2) is 6.42. The molecule has 6 rings (SSSR count). The Bertz CT molecular complexity index is 1420. The Morgan fingerprint density at radius 1 is 1.10 bits per heavy atom. The number of nitrogens with one attached hydrogen (secondary N) is 2. The van der Waals surface area contributed by atoms with E-state index in [1.165, 1.54) is 0 Å². The molecule has 1 amide bonds. The number of H-pyrrole nitrogens is 2. The summed E-state index contributed by atoms with van der Waals surface area (Å²) in [5, 5.41) is 0.766. The van der Waals surface area contributed by atoms with Crippen LogP contribution < -0.4 is 11.3 Å². The first kappa shape index (κ1) is 18.1. The lowest BCUT2D eigenvalue weighted by molar-refractivity contribution is 0.0650. The molecular formula is C23H22N6O2. The molecule has 4 heterocycles. The van der Waals surface area contributed by atoms with Crippen LogP contribution in [0.1, 0.15) is 16.8 Å². The maximum atomic E-state index is 13.1. The molecule has 2 unspecified atom stereocenters. The van der Waals surface area contributed by atoms with Gasteiger partial charge in [0.05, 0.1) is 22.2 Å². The van der Waals surface area contributed by atoms with Crippen LogP contribution >= 0.6 is 0 Å². The number of carbonyl (C=O) groups is 1. The number of aromatic nitrogens is 3. The van der Waals surface area contributed by atoms with Crippen LogP contribution in [0.15, 0.2) is 47.3 Å². The number of rotatable bonds is 2. The first-order chi connectivity index (χ1) is 15.0. The Hall–Kier alpha value is -3.65. The number of hydrogen-bond acceptors (Lipinski definition) is 5. The summed E-state index contributed by atoms with van der Waals surface area (Å²) in [7, 11) is 2.12. The number of likely N-dealkylation sites (N-methyl/N-ethyl adjacent to an activating group) is 1. The van der Waals surface area contributed by atoms with Gasteiger partial charge in [-0.1, -0.05) is 18.2 Å². The molecule has 2 bridgehead atoms. The highest BCUT2D eigenvalue weighted by atomic mass is 16.2. The maximum Gasteiger partial charge on any atom is 0.261 e. The van der Waals surface area contributed by atoms with E-state index in [1.807, 2.05) is 41.3 Å². The number of nitrogens with zero attached hydrogens (tertiary/aromatic N) is 3. The second-order valence-electron chi connectivity index (χ2n) is 8.55. The SMILES string of the molecule is CN1CC2CC1CN2C(=O)c1ccc2nc(-c3c(N)c4ccccc4[nH]c3=O)[nH]c2c1. The number of fused-ring (bicyclic) bond motifs is 4. The van der Waals surface area contributed by atoms with Crippen LogP contribution in [-0.2, 0) is 0 Å². The van der Waals surface area contributed by atoms with Gasteiger partial charge in [0.1, 0.15) is 11.4 Å². The Morgan fingerprint density at radius 2 is 1.94 bits per heavy atom. The molecule has 2 saturated heterocycles. The molecule has 0 spiro atoms. The molecule has 4 aromatic rings. The quantitative estimate of drug-likeness (QED) is 0.466. The molecule has 156 valence electrons. The largest absolute Gasteiger partial charge is 0.397 e. The third kappa shape index (κ3) is 2.68. The molecule has 2 atom stereocenters. The average Bonchev–Trinajstić information content (AvgIpc) is 3.46. The predicted molar refractivity (Wildman–Crippen MR) is 120 cm³/mol. The van der Waals surface area contributed by atoms with Crippen LogP contribution in [0.3, 0.4) is 0 Å². The number of benzene rings is 2. The average molecular weight is 414 g/mol. The van der Waals surface area contributed by atoms with Gasteiger partial charge in [0, 0.05) is 36.1 Å². The number of likely N-dealkylation sites (tertiary alicyclic amines) is 2. The minimum absolute atomic E-state index is 0.0433. The molecule has 0 saturated carbocycles. The van der Waals surface area contributed by atoms with Crippen LogP contribution in [0.5, 0.6) is 0 Å². The number of amides is 1. The lowest BCUT2D eigenvalue weighted by Crippen LogP contribution is -2.47. The van der Waals surface area contributed by atoms with Crippen LogP contribution in [0.25, 0.3) is 33.3 Å². The van der Waals surface area contributed by atoms with Crippen molar-refractivity contribution in [1.29, 1.82) is 0 Å². The number of nitrogen functional groups attached to an aromatic ring is 1. The Morgan fingerprint density at radius 3 is 2.71 bits per heavy atom. The number of para-hydroxylation sites is 1. The van der Waals surface area contributed by atoms with E-state index in [0.717, 1.165) is 24.9 Å². The van der Waals surface area contributed by atoms with Crippen molar-refractivity contribution in [3.8, 4) is 11.4 Å². The molecule has 0 radical (unpaired) electrons. The second-order valence-corrected chi connectivity index (χ2v) is 8.55. The summed E-state index contributed by atoms with van der Waals surface area (Å²) < 4.78 is 0. The van der Waals surface area contributed by atoms with Gasteiger partial charge >= 0.3 is 0 Å². The summed E-state index contributed by atoms with van der Waals surface area (Å²) in [6.07, 6.45) is 1.04. The number of pyridine rings is 1. The van der Waals surface area contributed by atoms with Gasteiger partial charge in [-0.2, -0.15) is 0 Å². The molecule has 2 aromatic carbocycles. The van der Waals surface area contributed by atoms with E-state index >= 15 is 0 Å². The van der Waals surface area contributed by atoms with E-state index in [0.29, 0.717) is 45.2 Å². The number of imidazole rings is 1. The van der Waals surface area contributed by atoms with E-state index in [9.17, 15) is 9.59 Å². The fourth-order valence-electron chi connectivity index (χ4n) is 5.05. The summed E-state index contributed by atoms with van der Waals surface area (Å²) >= 11 is 0. The highest BCUT2D eigenvalue weighted by Crippen LogP contribution is 2.32. The van der Waals surface area contributed by atoms with Crippen LogP contribution in [0, 0.1) is 0 Å². The van der Waals surface area contributed by atoms with Crippen LogP contribution in [0.4, 0.5) is 5.69 Å². The number of hydrogen-bond donors (Lipinski definition) is 3. The summed E-state index contributed by atoms with van der Waals surface area (Å²) in [6.45, 7) is 1.70. The third-order valence-electron chi connectivity index (χ3n) is 6.70. The van der Waals surface area contributed by atoms with Gasteiger partial charge in [-0.15, -0.1) is 0 Å². The van der Waals surface area contributed by atoms with Gasteiger partial charge in [0.15, 0.2) is 0 Å². The summed E-state index contributed by atoms with van der Waals surface area (Å²) in [5.74, 6) is 0.438. The molecule has 8 nitrogen and oxygen atoms in total. The molecule has 2 aromatic heterocycles. The van der Waals surface area contributed by atoms with Gasteiger partial charge in [-0.25, -0.2) is 4.98 Å². The molecule has 31 heavy (non-hydrogen) atoms. The fourth-order valence-corrected chi connectivity index (χ4v) is 5.05. The molecule has 2 aliphatic rings. The first-order valence-corrected chi connectivity index (χ1v) is 10.4. The van der Waals surface area contributed by atoms with Crippen molar-refractivity contribution >= 4 is 33.5 Å². The van der Waals surface area contributed by atoms with Crippen LogP contribution in [-0.4, -0.2) is 62.9 Å². The Labute approximate surface area is 177 Å². The normalized spacial score (nSPS) is 20.9. The van der Waals surface area contributed by atoms with E-state index in [-0.39, 0.29) is 17.5 Å². The van der Waals surface area contributed by atoms with Gasteiger partial charge < -0.3 is 20.6 Å². The third-order valence-corrected chi connectivity index (χ3v) is 6.70. The lowest BCUT2D eigenvalue weighted by atomic mass is 10.1. The number of anilines is 1. The Kier molecular flexibility index (Phi) is 3.76. The standard InChI is InChI=1S/C23H22N6O2/c1-28-10-14-9-13(28)11-29(14)23(31)12-6-7-17-18(8-12)26-21(25-17)19-20(24)15-4-2-3-5-16(15)27-22(19)30/h2-8,13-14H,9-11H2,1H3,(H,25,26)(H3,24,27,30). The highest BCUT2D eigenvalue weighted by Gasteiger charge is 2.43. The van der Waals surface area contributed by atoms with Crippen molar-refractivity contribution in [2.45, 2.75) is 18.5 Å². The van der Waals surface area contributed by atoms with Crippen molar-refractivity contribution in [2.24, 2.45) is 0 Å². The summed E-state index contributed by atoms with van der Waals surface area (Å²) in [5.41, 5.74) is 9.41. The Balaban J connectivity index is 1.39. The number of aromatic amines is 2. The molecule has 2 aliphatic heterocycles. The zero-order chi connectivity index (χ0) is 21.3. The zero-order valence-electron chi connectivity index (χ0n) is 17.1. The van der Waals surface area contributed by atoms with Gasteiger partial charge in [0.25, 0.3) is 11.5 Å². The van der Waals surface area contributed by atoms with E-state index in [2.05, 4.69) is 26.9 Å². The van der Waals surface area contributed by atoms with Crippen LogP contribution in [0.2, 0.25) is 0 Å². The van der Waals surface area contributed by atoms with E-state index < -0.39 is 0 Å². The van der Waals surface area contributed by atoms with E-state index in [4.69, 9.17) is 5.73 Å². The van der Waals surface area contributed by atoms with Gasteiger partial charge in [-0.3, -0.25) is 14.5 Å². The monoisotopic (exact) mass is 414 g/mol. The smallest absolute Gasteiger partial charge is 0.261 e. The molecule has 4 N–H and O–H groups in total. The molecule has 0 aliphatic carbocycles. The minimum atomic E-state index is -0.302. The summed E-state index contributed by atoms with van der Waals surface area (Å²) in [6, 6.07) is 13.6. The minimum Gasteiger partial charge on any atom is -0.397 e. The zero-order valence-corrected chi connectivity index (χ0v) is 17.1. The number of piperazine rings is 1. The first-order valence-electron chi connectivity index (χ1n) is 10.4. The van der Waals surface area contributed by atoms with Crippen molar-refractivity contribution in [1.82, 2.24) is 24.8 Å². The lowest BCUT2D eigenvalue weighted by Gasteiger charge is -2.32. The highest BCUT2D eigenvalue weighted by molar-refractivity contribution is 6.00. The number of nitrogens with two attached hydrogens (primary N) is 1. The van der Waals surface area contributed by atoms with E-state index in [1.54, 1.807) is 6.07 Å². The topological polar surface area (TPSA) is 111 Å².